The first-order valence-corrected chi connectivity index (χ1v) is 16.9. The zero-order valence-corrected chi connectivity index (χ0v) is 25.6. The minimum Gasteiger partial charge on any atom is -0.399 e. The van der Waals surface area contributed by atoms with Crippen molar-refractivity contribution in [2.24, 2.45) is 5.16 Å². The van der Waals surface area contributed by atoms with Gasteiger partial charge in [-0.15, -0.1) is 0 Å². The van der Waals surface area contributed by atoms with Crippen LogP contribution in [0.25, 0.3) is 0 Å². The van der Waals surface area contributed by atoms with Crippen LogP contribution in [-0.2, 0) is 4.84 Å². The fraction of sp³-hybridized carbons (Fsp3) is 0.971. The van der Waals surface area contributed by atoms with Gasteiger partial charge in [0.1, 0.15) is 7.11 Å². The van der Waals surface area contributed by atoms with Gasteiger partial charge in [-0.2, -0.15) is 0 Å². The summed E-state index contributed by atoms with van der Waals surface area (Å²) in [6.45, 7) is 4.59. The predicted octanol–water partition coefficient (Wildman–Crippen LogP) is 12.7. The lowest BCUT2D eigenvalue weighted by atomic mass is 10.0. The van der Waals surface area contributed by atoms with Gasteiger partial charge >= 0.3 is 0 Å². The zero-order chi connectivity index (χ0) is 26.2. The summed E-state index contributed by atoms with van der Waals surface area (Å²) in [6, 6.07) is 0. The first-order chi connectivity index (χ1) is 17.8. The molecule has 0 saturated carbocycles. The molecule has 0 fully saturated rings. The van der Waals surface area contributed by atoms with Crippen LogP contribution in [0.3, 0.4) is 0 Å². The van der Waals surface area contributed by atoms with E-state index in [0.29, 0.717) is 0 Å². The summed E-state index contributed by atoms with van der Waals surface area (Å²) >= 11 is 0. The maximum Gasteiger partial charge on any atom is 0.106 e. The average Bonchev–Trinajstić information content (AvgIpc) is 2.89. The van der Waals surface area contributed by atoms with E-state index in [1.165, 1.54) is 185 Å². The van der Waals surface area contributed by atoms with Crippen molar-refractivity contribution in [3.63, 3.8) is 0 Å². The molecule has 0 bridgehead atoms. The second kappa shape index (κ2) is 32.5. The number of hydrogen-bond donors (Lipinski definition) is 0. The van der Waals surface area contributed by atoms with Crippen LogP contribution in [-0.4, -0.2) is 12.8 Å². The maximum absolute atomic E-state index is 5.12. The third kappa shape index (κ3) is 29.7. The molecular formula is C34H69NO. The first-order valence-electron chi connectivity index (χ1n) is 16.9. The van der Waals surface area contributed by atoms with E-state index in [9.17, 15) is 0 Å². The average molecular weight is 508 g/mol. The molecular weight excluding hydrogens is 438 g/mol. The van der Waals surface area contributed by atoms with Crippen molar-refractivity contribution in [3.05, 3.63) is 0 Å². The van der Waals surface area contributed by atoms with E-state index in [1.807, 2.05) is 0 Å². The Labute approximate surface area is 229 Å². The normalized spacial score (nSPS) is 11.9. The van der Waals surface area contributed by atoms with E-state index >= 15 is 0 Å². The highest BCUT2D eigenvalue weighted by molar-refractivity contribution is 5.83. The lowest BCUT2D eigenvalue weighted by Crippen LogP contribution is -2.00. The summed E-state index contributed by atoms with van der Waals surface area (Å²) in [4.78, 5) is 5.12. The highest BCUT2D eigenvalue weighted by Gasteiger charge is 2.02. The van der Waals surface area contributed by atoms with Crippen LogP contribution in [0.1, 0.15) is 206 Å². The Morgan fingerprint density at radius 2 is 0.583 bits per heavy atom. The van der Waals surface area contributed by atoms with Crippen LogP contribution >= 0.6 is 0 Å². The molecule has 0 saturated heterocycles. The van der Waals surface area contributed by atoms with E-state index in [4.69, 9.17) is 4.84 Å². The number of nitrogens with zero attached hydrogens (tertiary/aromatic N) is 1. The quantitative estimate of drug-likeness (QED) is 0.0519. The Kier molecular flexibility index (Phi) is 32.0. The van der Waals surface area contributed by atoms with Crippen molar-refractivity contribution in [3.8, 4) is 0 Å². The Morgan fingerprint density at radius 3 is 0.806 bits per heavy atom. The Balaban J connectivity index is 3.34. The molecule has 0 aliphatic carbocycles. The molecule has 0 radical (unpaired) electrons. The molecule has 0 spiro atoms. The Hall–Kier alpha value is -0.530. The highest BCUT2D eigenvalue weighted by Crippen LogP contribution is 2.16. The van der Waals surface area contributed by atoms with E-state index < -0.39 is 0 Å². The SMILES string of the molecule is CCCCCCCCCCCCCCCCCCCCCC(CCCCCCCCCCC)=NOC. The molecule has 0 aliphatic rings. The van der Waals surface area contributed by atoms with Crippen LogP contribution in [0, 0.1) is 0 Å². The summed E-state index contributed by atoms with van der Waals surface area (Å²) in [5, 5.41) is 4.33. The van der Waals surface area contributed by atoms with Gasteiger partial charge in [0.05, 0.1) is 5.71 Å². The van der Waals surface area contributed by atoms with Gasteiger partial charge in [-0.05, 0) is 25.7 Å². The molecule has 36 heavy (non-hydrogen) atoms. The molecule has 0 aromatic rings. The van der Waals surface area contributed by atoms with Crippen molar-refractivity contribution < 1.29 is 4.84 Å². The molecule has 0 N–H and O–H groups in total. The van der Waals surface area contributed by atoms with E-state index in [2.05, 4.69) is 19.0 Å². The van der Waals surface area contributed by atoms with E-state index in [0.717, 1.165) is 12.8 Å². The molecule has 0 unspecified atom stereocenters. The van der Waals surface area contributed by atoms with Crippen molar-refractivity contribution in [1.82, 2.24) is 0 Å². The molecule has 0 heterocycles. The largest absolute Gasteiger partial charge is 0.399 e. The second-order valence-electron chi connectivity index (χ2n) is 11.5. The van der Waals surface area contributed by atoms with Crippen molar-refractivity contribution >= 4 is 5.71 Å². The third-order valence-corrected chi connectivity index (χ3v) is 7.86. The molecule has 216 valence electrons. The van der Waals surface area contributed by atoms with Crippen LogP contribution < -0.4 is 0 Å². The van der Waals surface area contributed by atoms with Gasteiger partial charge in [0, 0.05) is 0 Å². The topological polar surface area (TPSA) is 21.6 Å². The minimum atomic E-state index is 1.14. The summed E-state index contributed by atoms with van der Waals surface area (Å²) in [5.41, 5.74) is 1.30. The van der Waals surface area contributed by atoms with Gasteiger partial charge in [-0.25, -0.2) is 0 Å². The van der Waals surface area contributed by atoms with Gasteiger partial charge in [0.2, 0.25) is 0 Å². The number of oxime groups is 1. The first kappa shape index (κ1) is 35.5. The van der Waals surface area contributed by atoms with Crippen LogP contribution in [0.5, 0.6) is 0 Å². The second-order valence-corrected chi connectivity index (χ2v) is 11.5. The zero-order valence-electron chi connectivity index (χ0n) is 25.6. The van der Waals surface area contributed by atoms with Crippen molar-refractivity contribution in [2.75, 3.05) is 7.11 Å². The van der Waals surface area contributed by atoms with E-state index in [-0.39, 0.29) is 0 Å². The van der Waals surface area contributed by atoms with Crippen LogP contribution in [0.2, 0.25) is 0 Å². The fourth-order valence-corrected chi connectivity index (χ4v) is 5.39. The molecule has 0 rings (SSSR count). The summed E-state index contributed by atoms with van der Waals surface area (Å²) < 4.78 is 0. The van der Waals surface area contributed by atoms with Crippen LogP contribution in [0.15, 0.2) is 5.16 Å². The summed E-state index contributed by atoms with van der Waals surface area (Å²) in [7, 11) is 1.70. The van der Waals surface area contributed by atoms with Gasteiger partial charge in [-0.3, -0.25) is 0 Å². The minimum absolute atomic E-state index is 1.14. The van der Waals surface area contributed by atoms with Crippen molar-refractivity contribution in [1.29, 1.82) is 0 Å². The van der Waals surface area contributed by atoms with E-state index in [1.54, 1.807) is 7.11 Å². The van der Waals surface area contributed by atoms with Crippen molar-refractivity contribution in [2.45, 2.75) is 206 Å². The smallest absolute Gasteiger partial charge is 0.106 e. The Morgan fingerprint density at radius 1 is 0.361 bits per heavy atom. The number of unbranched alkanes of at least 4 members (excludes halogenated alkanes) is 26. The predicted molar refractivity (Wildman–Crippen MR) is 164 cm³/mol. The van der Waals surface area contributed by atoms with Crippen LogP contribution in [0.4, 0.5) is 0 Å². The molecule has 0 aromatic carbocycles. The lowest BCUT2D eigenvalue weighted by Gasteiger charge is -2.07. The van der Waals surface area contributed by atoms with Gasteiger partial charge in [-0.1, -0.05) is 186 Å². The van der Waals surface area contributed by atoms with Gasteiger partial charge in [0.25, 0.3) is 0 Å². The maximum atomic E-state index is 5.12. The van der Waals surface area contributed by atoms with Gasteiger partial charge in [0.15, 0.2) is 0 Å². The van der Waals surface area contributed by atoms with Gasteiger partial charge < -0.3 is 4.84 Å². The number of hydrogen-bond acceptors (Lipinski definition) is 2. The molecule has 2 heteroatoms. The molecule has 2 nitrogen and oxygen atoms in total. The lowest BCUT2D eigenvalue weighted by molar-refractivity contribution is 0.211. The standard InChI is InChI=1S/C34H69NO/c1-4-6-8-10-12-14-15-16-17-18-19-20-21-22-23-25-27-29-31-33-34(35-36-3)32-30-28-26-24-13-11-9-7-5-2/h4-33H2,1-3H3. The Bertz CT molecular complexity index is 419. The third-order valence-electron chi connectivity index (χ3n) is 7.86. The highest BCUT2D eigenvalue weighted by atomic mass is 16.6. The fourth-order valence-electron chi connectivity index (χ4n) is 5.39. The number of rotatable bonds is 31. The monoisotopic (exact) mass is 508 g/mol. The summed E-state index contributed by atoms with van der Waals surface area (Å²) in [6.07, 6.45) is 42.1. The molecule has 0 aliphatic heterocycles. The molecule has 0 atom stereocenters. The summed E-state index contributed by atoms with van der Waals surface area (Å²) in [5.74, 6) is 0. The molecule has 0 aromatic heterocycles. The molecule has 0 amide bonds.